The molecule has 3 fully saturated rings. The van der Waals surface area contributed by atoms with Gasteiger partial charge in [0, 0.05) is 38.1 Å². The summed E-state index contributed by atoms with van der Waals surface area (Å²) in [5.74, 6) is 1.16. The van der Waals surface area contributed by atoms with Crippen molar-refractivity contribution in [2.45, 2.75) is 90.1 Å². The van der Waals surface area contributed by atoms with Crippen LogP contribution in [0, 0.1) is 28.6 Å². The number of aliphatic hydroxyl groups is 1. The first-order chi connectivity index (χ1) is 14.6. The van der Waals surface area contributed by atoms with Gasteiger partial charge in [0.05, 0.1) is 5.60 Å². The Bertz CT molecular complexity index is 733. The van der Waals surface area contributed by atoms with Gasteiger partial charge in [-0.05, 0) is 81.4 Å². The minimum atomic E-state index is -0.862. The Morgan fingerprint density at radius 3 is 2.48 bits per heavy atom. The maximum Gasteiger partial charge on any atom is 0.169 e. The molecule has 0 aromatic rings. The van der Waals surface area contributed by atoms with E-state index >= 15 is 0 Å². The topological polar surface area (TPSA) is 59.0 Å². The molecule has 0 heterocycles. The van der Waals surface area contributed by atoms with Crippen LogP contribution in [0.3, 0.4) is 0 Å². The fourth-order valence-electron chi connectivity index (χ4n) is 8.16. The van der Waals surface area contributed by atoms with Crippen molar-refractivity contribution >= 4 is 5.78 Å². The summed E-state index contributed by atoms with van der Waals surface area (Å²) in [5.41, 5.74) is 0.0345. The molecular formula is C26H43NO4. The Labute approximate surface area is 188 Å². The van der Waals surface area contributed by atoms with Crippen molar-refractivity contribution < 1.29 is 19.4 Å². The quantitative estimate of drug-likeness (QED) is 0.637. The molecule has 0 spiro atoms. The Morgan fingerprint density at radius 1 is 1.10 bits per heavy atom. The van der Waals surface area contributed by atoms with Gasteiger partial charge in [-0.2, -0.15) is 0 Å². The van der Waals surface area contributed by atoms with Gasteiger partial charge in [-0.25, -0.2) is 0 Å². The van der Waals surface area contributed by atoms with Crippen LogP contribution in [0.4, 0.5) is 0 Å². The fourth-order valence-corrected chi connectivity index (χ4v) is 8.16. The summed E-state index contributed by atoms with van der Waals surface area (Å²) in [4.78, 5) is 15.5. The zero-order valence-corrected chi connectivity index (χ0v) is 20.4. The lowest BCUT2D eigenvalue weighted by molar-refractivity contribution is -0.140. The zero-order valence-electron chi connectivity index (χ0n) is 20.4. The van der Waals surface area contributed by atoms with E-state index < -0.39 is 5.60 Å². The van der Waals surface area contributed by atoms with Crippen LogP contribution in [0.2, 0.25) is 0 Å². The SMILES string of the molecule is COC(CN(C)C(C)C1CC[C@@]2(O)C3=CC(=O)C4CCCC[C@]4(C)C3CCC12C)OC. The number of allylic oxidation sites excluding steroid dienone is 1. The van der Waals surface area contributed by atoms with Gasteiger partial charge in [-0.1, -0.05) is 26.7 Å². The first-order valence-corrected chi connectivity index (χ1v) is 12.4. The molecule has 5 unspecified atom stereocenters. The molecule has 4 aliphatic rings. The number of hydrogen-bond acceptors (Lipinski definition) is 5. The molecule has 3 saturated carbocycles. The molecule has 0 bridgehead atoms. The highest BCUT2D eigenvalue weighted by molar-refractivity contribution is 5.94. The maximum atomic E-state index is 13.2. The highest BCUT2D eigenvalue weighted by atomic mass is 16.7. The van der Waals surface area contributed by atoms with Crippen molar-refractivity contribution in [3.63, 3.8) is 0 Å². The lowest BCUT2D eigenvalue weighted by atomic mass is 9.46. The minimum absolute atomic E-state index is 0.0289. The molecular weight excluding hydrogens is 390 g/mol. The van der Waals surface area contributed by atoms with Gasteiger partial charge >= 0.3 is 0 Å². The summed E-state index contributed by atoms with van der Waals surface area (Å²) in [6.07, 6.45) is 10.1. The summed E-state index contributed by atoms with van der Waals surface area (Å²) in [6.45, 7) is 7.60. The van der Waals surface area contributed by atoms with Crippen molar-refractivity contribution in [2.75, 3.05) is 27.8 Å². The van der Waals surface area contributed by atoms with Crippen LogP contribution in [0.15, 0.2) is 11.6 Å². The number of carbonyl (C=O) groups is 1. The molecule has 4 rings (SSSR count). The number of ketones is 1. The summed E-state index contributed by atoms with van der Waals surface area (Å²) in [7, 11) is 5.48. The van der Waals surface area contributed by atoms with Crippen LogP contribution >= 0.6 is 0 Å². The van der Waals surface area contributed by atoms with Crippen molar-refractivity contribution in [1.29, 1.82) is 0 Å². The average molecular weight is 434 g/mol. The Morgan fingerprint density at radius 2 is 1.81 bits per heavy atom. The molecule has 0 aliphatic heterocycles. The number of hydrogen-bond donors (Lipinski definition) is 1. The van der Waals surface area contributed by atoms with E-state index in [0.717, 1.165) is 44.1 Å². The van der Waals surface area contributed by atoms with Gasteiger partial charge < -0.3 is 14.6 Å². The number of fused-ring (bicyclic) bond motifs is 5. The monoisotopic (exact) mass is 433 g/mol. The molecule has 0 amide bonds. The van der Waals surface area contributed by atoms with Crippen molar-refractivity contribution in [2.24, 2.45) is 28.6 Å². The highest BCUT2D eigenvalue weighted by Gasteiger charge is 2.66. The Hall–Kier alpha value is -0.750. The lowest BCUT2D eigenvalue weighted by Gasteiger charge is -2.59. The van der Waals surface area contributed by atoms with Crippen LogP contribution in [0.1, 0.15) is 72.1 Å². The van der Waals surface area contributed by atoms with E-state index in [1.807, 2.05) is 6.08 Å². The van der Waals surface area contributed by atoms with Crippen molar-refractivity contribution in [3.05, 3.63) is 11.6 Å². The van der Waals surface area contributed by atoms with Crippen LogP contribution < -0.4 is 0 Å². The van der Waals surface area contributed by atoms with Crippen molar-refractivity contribution in [3.8, 4) is 0 Å². The molecule has 0 saturated heterocycles. The molecule has 31 heavy (non-hydrogen) atoms. The van der Waals surface area contributed by atoms with Crippen molar-refractivity contribution in [1.82, 2.24) is 4.90 Å². The first kappa shape index (κ1) is 23.4. The van der Waals surface area contributed by atoms with Crippen LogP contribution in [-0.2, 0) is 14.3 Å². The number of methoxy groups -OCH3 is 2. The third-order valence-electron chi connectivity index (χ3n) is 10.3. The third kappa shape index (κ3) is 3.37. The summed E-state index contributed by atoms with van der Waals surface area (Å²) >= 11 is 0. The number of rotatable bonds is 6. The molecule has 1 N–H and O–H groups in total. The fraction of sp³-hybridized carbons (Fsp3) is 0.885. The first-order valence-electron chi connectivity index (χ1n) is 12.4. The number of ether oxygens (including phenoxy) is 2. The zero-order chi connectivity index (χ0) is 22.6. The van der Waals surface area contributed by atoms with Gasteiger partial charge in [0.15, 0.2) is 12.1 Å². The highest BCUT2D eigenvalue weighted by Crippen LogP contribution is 2.67. The number of likely N-dealkylation sites (N-methyl/N-ethyl adjacent to an activating group) is 1. The molecule has 176 valence electrons. The lowest BCUT2D eigenvalue weighted by Crippen LogP contribution is -2.59. The predicted molar refractivity (Wildman–Crippen MR) is 122 cm³/mol. The van der Waals surface area contributed by atoms with E-state index in [9.17, 15) is 9.90 Å². The van der Waals surface area contributed by atoms with Gasteiger partial charge in [0.1, 0.15) is 0 Å². The van der Waals surface area contributed by atoms with Crippen LogP contribution in [0.5, 0.6) is 0 Å². The van der Waals surface area contributed by atoms with Gasteiger partial charge in [-0.3, -0.25) is 9.69 Å². The second-order valence-electron chi connectivity index (χ2n) is 11.4. The maximum absolute atomic E-state index is 13.2. The van der Waals surface area contributed by atoms with Crippen LogP contribution in [0.25, 0.3) is 0 Å². The molecule has 4 aliphatic carbocycles. The second-order valence-corrected chi connectivity index (χ2v) is 11.4. The van der Waals surface area contributed by atoms with E-state index in [-0.39, 0.29) is 28.8 Å². The Kier molecular flexibility index (Phi) is 6.22. The van der Waals surface area contributed by atoms with Crippen LogP contribution in [-0.4, -0.2) is 61.5 Å². The van der Waals surface area contributed by atoms with Gasteiger partial charge in [0.2, 0.25) is 0 Å². The molecule has 0 aromatic heterocycles. The molecule has 0 aromatic carbocycles. The number of nitrogens with zero attached hydrogens (tertiary/aromatic N) is 1. The van der Waals surface area contributed by atoms with E-state index in [1.54, 1.807) is 14.2 Å². The van der Waals surface area contributed by atoms with E-state index in [1.165, 1.54) is 12.8 Å². The standard InChI is InChI=1S/C26H43NO4/c1-17(27(4)16-23(30-5)31-6)18-11-14-26(29)21-15-22(28)20-9-7-8-12-24(20,2)19(21)10-13-25(18,26)3/h15,17-20,23,29H,7-14,16H2,1-6H3/t17?,18?,19?,20?,24-,25?,26-/m1/s1. The average Bonchev–Trinajstić information content (AvgIpc) is 3.03. The molecule has 0 radical (unpaired) electrons. The summed E-state index contributed by atoms with van der Waals surface area (Å²) in [6, 6.07) is 0.293. The Balaban J connectivity index is 1.63. The van der Waals surface area contributed by atoms with E-state index in [4.69, 9.17) is 9.47 Å². The smallest absolute Gasteiger partial charge is 0.169 e. The van der Waals surface area contributed by atoms with Gasteiger partial charge in [0.25, 0.3) is 0 Å². The predicted octanol–water partition coefficient (Wildman–Crippen LogP) is 4.19. The minimum Gasteiger partial charge on any atom is -0.385 e. The molecule has 5 heteroatoms. The second kappa shape index (κ2) is 8.23. The van der Waals surface area contributed by atoms with E-state index in [2.05, 4.69) is 32.7 Å². The summed E-state index contributed by atoms with van der Waals surface area (Å²) < 4.78 is 10.8. The summed E-state index contributed by atoms with van der Waals surface area (Å²) in [5, 5.41) is 12.3. The third-order valence-corrected chi connectivity index (χ3v) is 10.3. The van der Waals surface area contributed by atoms with E-state index in [0.29, 0.717) is 24.4 Å². The number of carbonyl (C=O) groups excluding carboxylic acids is 1. The molecule has 5 nitrogen and oxygen atoms in total. The normalized spacial score (nSPS) is 43.5. The largest absolute Gasteiger partial charge is 0.385 e. The van der Waals surface area contributed by atoms with Gasteiger partial charge in [-0.15, -0.1) is 0 Å². The molecule has 7 atom stereocenters.